The van der Waals surface area contributed by atoms with Crippen molar-refractivity contribution < 1.29 is 18.0 Å². The van der Waals surface area contributed by atoms with Crippen molar-refractivity contribution in [2.24, 2.45) is 7.05 Å². The summed E-state index contributed by atoms with van der Waals surface area (Å²) in [6.07, 6.45) is 2.76. The molecule has 6 rings (SSSR count). The van der Waals surface area contributed by atoms with Crippen molar-refractivity contribution in [1.29, 1.82) is 0 Å². The van der Waals surface area contributed by atoms with Crippen molar-refractivity contribution in [1.82, 2.24) is 29.5 Å². The number of aryl methyl sites for hydroxylation is 2. The number of carbonyl (C=O) groups excluding carboxylic acids is 1. The first kappa shape index (κ1) is 31.3. The van der Waals surface area contributed by atoms with Gasteiger partial charge in [-0.3, -0.25) is 14.4 Å². The average molecular weight is 629 g/mol. The van der Waals surface area contributed by atoms with E-state index in [0.717, 1.165) is 48.9 Å². The zero-order valence-corrected chi connectivity index (χ0v) is 25.9. The summed E-state index contributed by atoms with van der Waals surface area (Å²) in [6, 6.07) is 9.00. The number of aromatic nitrogens is 4. The second-order valence-electron chi connectivity index (χ2n) is 11.9. The Morgan fingerprint density at radius 3 is 2.41 bits per heavy atom. The Kier molecular flexibility index (Phi) is 8.80. The van der Waals surface area contributed by atoms with Gasteiger partial charge in [0.1, 0.15) is 0 Å². The van der Waals surface area contributed by atoms with E-state index in [1.807, 2.05) is 30.6 Å². The molecule has 4 aromatic rings. The average Bonchev–Trinajstić information content (AvgIpc) is 3.80. The zero-order valence-electron chi connectivity index (χ0n) is 25.9. The Balaban J connectivity index is 1.13. The van der Waals surface area contributed by atoms with Gasteiger partial charge in [-0.25, -0.2) is 9.97 Å². The van der Waals surface area contributed by atoms with Gasteiger partial charge in [-0.05, 0) is 62.2 Å². The van der Waals surface area contributed by atoms with Crippen LogP contribution in [0.15, 0.2) is 55.0 Å². The molecule has 0 spiro atoms. The van der Waals surface area contributed by atoms with E-state index in [1.165, 1.54) is 12.1 Å². The molecule has 1 aliphatic heterocycles. The second-order valence-corrected chi connectivity index (χ2v) is 11.9. The maximum absolute atomic E-state index is 14.0. The van der Waals surface area contributed by atoms with Gasteiger partial charge in [0, 0.05) is 74.9 Å². The Hall–Kier alpha value is -4.73. The number of hydrogen-bond donors (Lipinski definition) is 2. The number of anilines is 3. The minimum absolute atomic E-state index is 0.0778. The molecular formula is C34H35F3N8O. The van der Waals surface area contributed by atoms with Crippen molar-refractivity contribution >= 4 is 23.2 Å². The molecule has 238 valence electrons. The van der Waals surface area contributed by atoms with Crippen LogP contribution in [0.5, 0.6) is 0 Å². The first-order valence-electron chi connectivity index (χ1n) is 15.2. The molecule has 2 N–H and O–H groups in total. The number of hydrogen-bond acceptors (Lipinski definition) is 7. The normalized spacial score (nSPS) is 15.7. The lowest BCUT2D eigenvalue weighted by molar-refractivity contribution is -0.138. The fourth-order valence-corrected chi connectivity index (χ4v) is 5.51. The van der Waals surface area contributed by atoms with Crippen LogP contribution in [0.4, 0.5) is 30.5 Å². The third-order valence-corrected chi connectivity index (χ3v) is 8.35. The van der Waals surface area contributed by atoms with Crippen molar-refractivity contribution in [3.05, 3.63) is 94.1 Å². The van der Waals surface area contributed by atoms with E-state index in [1.54, 1.807) is 36.8 Å². The SMILES string of the molecule is Cc1ccc(C(=O)Nc2ccc(CN3CCN(C)CC3)c(C(F)(F)F)c2)cc1C#Cc1cnc(Nc2cnn(C)c2C2CC2)nc1. The zero-order chi connectivity index (χ0) is 32.4. The van der Waals surface area contributed by atoms with E-state index in [2.05, 4.69) is 42.4 Å². The van der Waals surface area contributed by atoms with E-state index >= 15 is 0 Å². The summed E-state index contributed by atoms with van der Waals surface area (Å²) in [7, 11) is 3.93. The van der Waals surface area contributed by atoms with E-state index in [4.69, 9.17) is 0 Å². The predicted octanol–water partition coefficient (Wildman–Crippen LogP) is 5.56. The number of amides is 1. The quantitative estimate of drug-likeness (QED) is 0.259. The highest BCUT2D eigenvalue weighted by atomic mass is 19.4. The fraction of sp³-hybridized carbons (Fsp3) is 0.353. The van der Waals surface area contributed by atoms with Crippen LogP contribution >= 0.6 is 0 Å². The van der Waals surface area contributed by atoms with Crippen molar-refractivity contribution in [3.8, 4) is 11.8 Å². The van der Waals surface area contributed by atoms with Crippen LogP contribution in [0, 0.1) is 18.8 Å². The molecule has 2 fully saturated rings. The Bertz CT molecular complexity index is 1790. The molecule has 0 radical (unpaired) electrons. The van der Waals surface area contributed by atoms with E-state index in [9.17, 15) is 18.0 Å². The number of rotatable bonds is 7. The lowest BCUT2D eigenvalue weighted by Crippen LogP contribution is -2.44. The number of halogens is 3. The van der Waals surface area contributed by atoms with Gasteiger partial charge in [-0.15, -0.1) is 0 Å². The third-order valence-electron chi connectivity index (χ3n) is 8.35. The monoisotopic (exact) mass is 628 g/mol. The highest BCUT2D eigenvalue weighted by Crippen LogP contribution is 2.43. The first-order valence-corrected chi connectivity index (χ1v) is 15.2. The Morgan fingerprint density at radius 1 is 0.978 bits per heavy atom. The maximum atomic E-state index is 14.0. The van der Waals surface area contributed by atoms with Crippen LogP contribution in [0.2, 0.25) is 0 Å². The number of nitrogens with zero attached hydrogens (tertiary/aromatic N) is 6. The number of alkyl halides is 3. The van der Waals surface area contributed by atoms with Crippen LogP contribution in [0.3, 0.4) is 0 Å². The summed E-state index contributed by atoms with van der Waals surface area (Å²) in [4.78, 5) is 26.1. The highest BCUT2D eigenvalue weighted by Gasteiger charge is 2.34. The Labute approximate surface area is 265 Å². The topological polar surface area (TPSA) is 91.2 Å². The van der Waals surface area contributed by atoms with Gasteiger partial charge < -0.3 is 15.5 Å². The molecule has 9 nitrogen and oxygen atoms in total. The van der Waals surface area contributed by atoms with Crippen molar-refractivity contribution in [2.75, 3.05) is 43.9 Å². The number of carbonyl (C=O) groups is 1. The van der Waals surface area contributed by atoms with Gasteiger partial charge in [0.25, 0.3) is 5.91 Å². The van der Waals surface area contributed by atoms with Gasteiger partial charge >= 0.3 is 6.18 Å². The molecular weight excluding hydrogens is 593 g/mol. The van der Waals surface area contributed by atoms with Gasteiger partial charge in [0.15, 0.2) is 0 Å². The molecule has 1 aliphatic carbocycles. The lowest BCUT2D eigenvalue weighted by Gasteiger charge is -2.33. The molecule has 0 atom stereocenters. The standard InChI is InChI=1S/C34H35F3N8O/c1-22-4-6-26(32(46)41-28-11-10-27(29(17-28)34(35,36)37)21-45-14-12-43(2)13-15-45)16-25(22)7-5-23-18-38-33(39-19-23)42-30-20-40-44(3)31(30)24-8-9-24/h4,6,10-11,16-20,24H,8-9,12-15,21H2,1-3H3,(H,41,46)(H,38,39,42). The summed E-state index contributed by atoms with van der Waals surface area (Å²) in [6.45, 7) is 5.09. The van der Waals surface area contributed by atoms with Crippen LogP contribution in [-0.2, 0) is 19.8 Å². The smallest absolute Gasteiger partial charge is 0.322 e. The van der Waals surface area contributed by atoms with Gasteiger partial charge in [0.05, 0.1) is 28.7 Å². The van der Waals surface area contributed by atoms with Crippen LogP contribution < -0.4 is 10.6 Å². The minimum atomic E-state index is -4.55. The summed E-state index contributed by atoms with van der Waals surface area (Å²) >= 11 is 0. The fourth-order valence-electron chi connectivity index (χ4n) is 5.51. The molecule has 2 aliphatic rings. The summed E-state index contributed by atoms with van der Waals surface area (Å²) in [5, 5.41) is 10.2. The summed E-state index contributed by atoms with van der Waals surface area (Å²) < 4.78 is 44.0. The van der Waals surface area contributed by atoms with Crippen molar-refractivity contribution in [2.45, 2.75) is 38.4 Å². The molecule has 1 saturated carbocycles. The van der Waals surface area contributed by atoms with E-state index < -0.39 is 17.6 Å². The van der Waals surface area contributed by atoms with Gasteiger partial charge in [-0.2, -0.15) is 18.3 Å². The second kappa shape index (κ2) is 12.9. The summed E-state index contributed by atoms with van der Waals surface area (Å²) in [5.41, 5.74) is 3.89. The van der Waals surface area contributed by atoms with Crippen LogP contribution in [0.25, 0.3) is 0 Å². The largest absolute Gasteiger partial charge is 0.416 e. The van der Waals surface area contributed by atoms with Gasteiger partial charge in [0.2, 0.25) is 5.95 Å². The van der Waals surface area contributed by atoms with Crippen molar-refractivity contribution in [3.63, 3.8) is 0 Å². The number of nitrogens with one attached hydrogen (secondary N) is 2. The van der Waals surface area contributed by atoms with E-state index in [0.29, 0.717) is 36.1 Å². The maximum Gasteiger partial charge on any atom is 0.416 e. The number of likely N-dealkylation sites (N-methyl/N-ethyl adjacent to an activating group) is 1. The molecule has 12 heteroatoms. The molecule has 1 saturated heterocycles. The Morgan fingerprint density at radius 2 is 1.72 bits per heavy atom. The number of piperazine rings is 1. The minimum Gasteiger partial charge on any atom is -0.322 e. The first-order chi connectivity index (χ1) is 22.0. The molecule has 0 unspecified atom stereocenters. The van der Waals surface area contributed by atoms with Crippen LogP contribution in [0.1, 0.15) is 62.6 Å². The summed E-state index contributed by atoms with van der Waals surface area (Å²) in [5.74, 6) is 6.53. The van der Waals surface area contributed by atoms with E-state index in [-0.39, 0.29) is 23.4 Å². The third kappa shape index (κ3) is 7.38. The molecule has 2 aromatic carbocycles. The molecule has 0 bridgehead atoms. The highest BCUT2D eigenvalue weighted by molar-refractivity contribution is 6.04. The molecule has 1 amide bonds. The molecule has 2 aromatic heterocycles. The molecule has 3 heterocycles. The van der Waals surface area contributed by atoms with Crippen LogP contribution in [-0.4, -0.2) is 68.7 Å². The molecule has 46 heavy (non-hydrogen) atoms. The predicted molar refractivity (Wildman–Crippen MR) is 170 cm³/mol. The van der Waals surface area contributed by atoms with Gasteiger partial charge in [-0.1, -0.05) is 24.0 Å². The lowest BCUT2D eigenvalue weighted by atomic mass is 10.0. The number of benzene rings is 2.